The lowest BCUT2D eigenvalue weighted by Gasteiger charge is -2.33. The van der Waals surface area contributed by atoms with Gasteiger partial charge in [-0.1, -0.05) is 19.8 Å². The molecule has 0 radical (unpaired) electrons. The molecule has 1 unspecified atom stereocenters. The zero-order chi connectivity index (χ0) is 10.6. The number of hydrogen-bond donors (Lipinski definition) is 0. The zero-order valence-electron chi connectivity index (χ0n) is 9.75. The third-order valence-corrected chi connectivity index (χ3v) is 3.31. The van der Waals surface area contributed by atoms with Crippen LogP contribution in [0.5, 0.6) is 0 Å². The van der Waals surface area contributed by atoms with Crippen molar-refractivity contribution in [2.24, 2.45) is 0 Å². The summed E-state index contributed by atoms with van der Waals surface area (Å²) >= 11 is 0. The van der Waals surface area contributed by atoms with Gasteiger partial charge in [0.05, 0.1) is 0 Å². The Labute approximate surface area is 87.7 Å². The molecule has 1 aliphatic rings. The van der Waals surface area contributed by atoms with E-state index >= 15 is 0 Å². The van der Waals surface area contributed by atoms with E-state index in [1.165, 1.54) is 25.7 Å². The Kier molecular flexibility index (Phi) is 4.59. The highest BCUT2D eigenvalue weighted by molar-refractivity contribution is 5.76. The topological polar surface area (TPSA) is 20.3 Å². The number of rotatable bonds is 5. The molecule has 0 aromatic rings. The summed E-state index contributed by atoms with van der Waals surface area (Å²) in [7, 11) is 0. The predicted octanol–water partition coefficient (Wildman–Crippen LogP) is 2.62. The number of carbonyl (C=O) groups excluding carboxylic acids is 1. The number of carbonyl (C=O) groups is 1. The minimum absolute atomic E-state index is 0.314. The van der Waals surface area contributed by atoms with Crippen LogP contribution in [0.1, 0.15) is 52.9 Å². The molecule has 1 saturated carbocycles. The van der Waals surface area contributed by atoms with Gasteiger partial charge < -0.3 is 0 Å². The largest absolute Gasteiger partial charge is 0.300 e. The van der Waals surface area contributed by atoms with E-state index in [2.05, 4.69) is 18.7 Å². The second-order valence-electron chi connectivity index (χ2n) is 4.52. The maximum Gasteiger partial charge on any atom is 0.131 e. The standard InChI is InChI=1S/C12H23NO/c1-4-13(10(2)9-11(3)14)12-7-5-6-8-12/h10,12H,4-9H2,1-3H3. The lowest BCUT2D eigenvalue weighted by atomic mass is 10.1. The van der Waals surface area contributed by atoms with Gasteiger partial charge in [0.1, 0.15) is 5.78 Å². The van der Waals surface area contributed by atoms with Crippen molar-refractivity contribution in [1.29, 1.82) is 0 Å². The van der Waals surface area contributed by atoms with Crippen molar-refractivity contribution < 1.29 is 4.79 Å². The smallest absolute Gasteiger partial charge is 0.131 e. The Morgan fingerprint density at radius 3 is 2.43 bits per heavy atom. The molecule has 0 amide bonds. The van der Waals surface area contributed by atoms with Gasteiger partial charge >= 0.3 is 0 Å². The van der Waals surface area contributed by atoms with Crippen molar-refractivity contribution in [2.75, 3.05) is 6.54 Å². The molecule has 1 atom stereocenters. The zero-order valence-corrected chi connectivity index (χ0v) is 9.75. The van der Waals surface area contributed by atoms with Gasteiger partial charge in [-0.3, -0.25) is 9.69 Å². The summed E-state index contributed by atoms with van der Waals surface area (Å²) in [5.41, 5.74) is 0. The maximum atomic E-state index is 11.1. The van der Waals surface area contributed by atoms with E-state index in [9.17, 15) is 4.79 Å². The first-order valence-corrected chi connectivity index (χ1v) is 5.90. The number of ketones is 1. The molecule has 82 valence electrons. The van der Waals surface area contributed by atoms with E-state index in [-0.39, 0.29) is 0 Å². The molecule has 0 bridgehead atoms. The first-order valence-electron chi connectivity index (χ1n) is 5.90. The summed E-state index contributed by atoms with van der Waals surface area (Å²) in [4.78, 5) is 13.6. The molecule has 0 heterocycles. The lowest BCUT2D eigenvalue weighted by molar-refractivity contribution is -0.118. The Morgan fingerprint density at radius 2 is 2.00 bits per heavy atom. The molecule has 0 N–H and O–H groups in total. The van der Waals surface area contributed by atoms with Crippen LogP contribution in [0.4, 0.5) is 0 Å². The van der Waals surface area contributed by atoms with Crippen LogP contribution in [0.25, 0.3) is 0 Å². The fourth-order valence-electron chi connectivity index (χ4n) is 2.70. The average molecular weight is 197 g/mol. The highest BCUT2D eigenvalue weighted by atomic mass is 16.1. The van der Waals surface area contributed by atoms with E-state index in [0.29, 0.717) is 18.2 Å². The highest BCUT2D eigenvalue weighted by Crippen LogP contribution is 2.25. The fraction of sp³-hybridized carbons (Fsp3) is 0.917. The second kappa shape index (κ2) is 5.50. The van der Waals surface area contributed by atoms with E-state index in [1.807, 2.05) is 0 Å². The van der Waals surface area contributed by atoms with Gasteiger partial charge in [-0.05, 0) is 33.2 Å². The van der Waals surface area contributed by atoms with Crippen LogP contribution in [0, 0.1) is 0 Å². The molecular weight excluding hydrogens is 174 g/mol. The van der Waals surface area contributed by atoms with E-state index < -0.39 is 0 Å². The lowest BCUT2D eigenvalue weighted by Crippen LogP contribution is -2.41. The van der Waals surface area contributed by atoms with Gasteiger partial charge in [-0.15, -0.1) is 0 Å². The molecule has 14 heavy (non-hydrogen) atoms. The molecule has 0 spiro atoms. The monoisotopic (exact) mass is 197 g/mol. The van der Waals surface area contributed by atoms with Crippen molar-refractivity contribution in [3.8, 4) is 0 Å². The van der Waals surface area contributed by atoms with Crippen LogP contribution in [0.3, 0.4) is 0 Å². The third-order valence-electron chi connectivity index (χ3n) is 3.31. The molecule has 0 saturated heterocycles. The average Bonchev–Trinajstić information content (AvgIpc) is 2.57. The van der Waals surface area contributed by atoms with Crippen LogP contribution >= 0.6 is 0 Å². The molecule has 2 heteroatoms. The van der Waals surface area contributed by atoms with Gasteiger partial charge in [0, 0.05) is 18.5 Å². The Hall–Kier alpha value is -0.370. The van der Waals surface area contributed by atoms with Gasteiger partial charge in [0.25, 0.3) is 0 Å². The minimum atomic E-state index is 0.314. The van der Waals surface area contributed by atoms with Gasteiger partial charge in [-0.25, -0.2) is 0 Å². The first kappa shape index (κ1) is 11.7. The van der Waals surface area contributed by atoms with E-state index in [0.717, 1.165) is 12.6 Å². The third kappa shape index (κ3) is 3.09. The molecular formula is C12H23NO. The van der Waals surface area contributed by atoms with Crippen molar-refractivity contribution >= 4 is 5.78 Å². The highest BCUT2D eigenvalue weighted by Gasteiger charge is 2.25. The fourth-order valence-corrected chi connectivity index (χ4v) is 2.70. The Morgan fingerprint density at radius 1 is 1.43 bits per heavy atom. The molecule has 2 nitrogen and oxygen atoms in total. The van der Waals surface area contributed by atoms with Crippen LogP contribution in [0.15, 0.2) is 0 Å². The summed E-state index contributed by atoms with van der Waals surface area (Å²) < 4.78 is 0. The van der Waals surface area contributed by atoms with Crippen molar-refractivity contribution in [3.05, 3.63) is 0 Å². The molecule has 0 aliphatic heterocycles. The Bertz CT molecular complexity index is 185. The van der Waals surface area contributed by atoms with Gasteiger partial charge in [0.2, 0.25) is 0 Å². The molecule has 1 fully saturated rings. The van der Waals surface area contributed by atoms with Crippen molar-refractivity contribution in [1.82, 2.24) is 4.90 Å². The number of hydrogen-bond acceptors (Lipinski definition) is 2. The summed E-state index contributed by atoms with van der Waals surface area (Å²) in [5.74, 6) is 0.314. The molecule has 0 aromatic heterocycles. The summed E-state index contributed by atoms with van der Waals surface area (Å²) in [5, 5.41) is 0. The predicted molar refractivity (Wildman–Crippen MR) is 59.4 cm³/mol. The van der Waals surface area contributed by atoms with E-state index in [1.54, 1.807) is 6.92 Å². The van der Waals surface area contributed by atoms with Crippen LogP contribution in [-0.4, -0.2) is 29.3 Å². The maximum absolute atomic E-state index is 11.1. The summed E-state index contributed by atoms with van der Waals surface area (Å²) in [6.07, 6.45) is 6.11. The Balaban J connectivity index is 2.46. The second-order valence-corrected chi connectivity index (χ2v) is 4.52. The van der Waals surface area contributed by atoms with Crippen LogP contribution in [0.2, 0.25) is 0 Å². The van der Waals surface area contributed by atoms with E-state index in [4.69, 9.17) is 0 Å². The van der Waals surface area contributed by atoms with Crippen LogP contribution < -0.4 is 0 Å². The number of Topliss-reactive ketones (excluding diaryl/α,β-unsaturated/α-hetero) is 1. The summed E-state index contributed by atoms with van der Waals surface area (Å²) in [6.45, 7) is 7.16. The summed E-state index contributed by atoms with van der Waals surface area (Å²) in [6, 6.07) is 1.18. The van der Waals surface area contributed by atoms with Gasteiger partial charge in [-0.2, -0.15) is 0 Å². The normalized spacial score (nSPS) is 20.3. The molecule has 1 rings (SSSR count). The van der Waals surface area contributed by atoms with Gasteiger partial charge in [0.15, 0.2) is 0 Å². The van der Waals surface area contributed by atoms with Crippen LogP contribution in [-0.2, 0) is 4.79 Å². The quantitative estimate of drug-likeness (QED) is 0.675. The minimum Gasteiger partial charge on any atom is -0.300 e. The molecule has 1 aliphatic carbocycles. The first-order chi connectivity index (χ1) is 6.65. The molecule has 0 aromatic carbocycles. The SMILES string of the molecule is CCN(C(C)CC(C)=O)C1CCCC1. The number of nitrogens with zero attached hydrogens (tertiary/aromatic N) is 1. The van der Waals surface area contributed by atoms with Crippen molar-refractivity contribution in [3.63, 3.8) is 0 Å². The van der Waals surface area contributed by atoms with Crippen molar-refractivity contribution in [2.45, 2.75) is 65.0 Å².